The van der Waals surface area contributed by atoms with Gasteiger partial charge in [0, 0.05) is 109 Å². The molecule has 141 heavy (non-hydrogen) atoms. The van der Waals surface area contributed by atoms with Crippen LogP contribution in [0.2, 0.25) is 30.3 Å². The third kappa shape index (κ3) is 54.1. The van der Waals surface area contributed by atoms with Crippen LogP contribution in [0.15, 0.2) is 213 Å². The average molecular weight is 2070 g/mol. The number of nitro groups is 2. The van der Waals surface area contributed by atoms with E-state index in [1.54, 1.807) is 178 Å². The van der Waals surface area contributed by atoms with Crippen LogP contribution in [0.5, 0.6) is 0 Å². The second-order valence-electron chi connectivity index (χ2n) is 25.1. The van der Waals surface area contributed by atoms with E-state index in [0.717, 1.165) is 40.6 Å². The quantitative estimate of drug-likeness (QED) is 0.00474. The van der Waals surface area contributed by atoms with Crippen molar-refractivity contribution in [3.8, 4) is 155 Å². The van der Waals surface area contributed by atoms with Gasteiger partial charge >= 0.3 is 132 Å². The maximum atomic E-state index is 12.5. The minimum Gasteiger partial charge on any atom is -1.00 e. The number of amides is 1. The van der Waals surface area contributed by atoms with Crippen LogP contribution in [0, 0.1) is 164 Å². The number of halogens is 6. The van der Waals surface area contributed by atoms with Crippen LogP contribution in [0.3, 0.4) is 0 Å². The number of anilines is 6. The van der Waals surface area contributed by atoms with E-state index in [-0.39, 0.29) is 178 Å². The first-order valence-corrected chi connectivity index (χ1v) is 42.1. The zero-order valence-corrected chi connectivity index (χ0v) is 87.0. The number of imidazole rings is 2. The molecule has 0 spiro atoms. The number of nitrogens with one attached hydrogen (secondary N) is 3. The Kier molecular flexibility index (Phi) is 69.0. The number of rotatable bonds is 15. The Morgan fingerprint density at radius 2 is 0.794 bits per heavy atom. The molecule has 2 aliphatic carbocycles. The van der Waals surface area contributed by atoms with Crippen molar-refractivity contribution in [3.63, 3.8) is 0 Å². The number of carbonyl (C=O) groups is 5. The van der Waals surface area contributed by atoms with Gasteiger partial charge in [-0.1, -0.05) is 94.8 Å². The van der Waals surface area contributed by atoms with Crippen molar-refractivity contribution >= 4 is 168 Å². The molecule has 0 radical (unpaired) electrons. The smallest absolute Gasteiger partial charge is 1.00 e. The molecule has 7 aromatic heterocycles. The molecule has 0 saturated heterocycles. The van der Waals surface area contributed by atoms with Crippen molar-refractivity contribution in [2.75, 3.05) is 41.9 Å². The molecule has 12 aromatic rings. The van der Waals surface area contributed by atoms with Gasteiger partial charge in [0.25, 0.3) is 12.4 Å². The number of nitrogens with zero attached hydrogens (tertiary/aromatic N) is 11. The number of ether oxygens (including phenoxy) is 3. The van der Waals surface area contributed by atoms with Crippen LogP contribution in [-0.2, 0) is 33.5 Å². The van der Waals surface area contributed by atoms with E-state index in [9.17, 15) is 39.4 Å². The maximum Gasteiger partial charge on any atom is 1.00 e. The number of terminal acetylenes is 3. The predicted molar refractivity (Wildman–Crippen MR) is 544 cm³/mol. The Balaban J connectivity index is 0. The molecule has 0 aliphatic heterocycles. The first-order valence-electron chi connectivity index (χ1n) is 39.8. The summed E-state index contributed by atoms with van der Waals surface area (Å²) in [4.78, 5) is 106. The molecule has 2 saturated carbocycles. The minimum absolute atomic E-state index is 0. The summed E-state index contributed by atoms with van der Waals surface area (Å²) in [6.45, 7) is 10.7. The van der Waals surface area contributed by atoms with E-state index in [0.29, 0.717) is 71.5 Å². The summed E-state index contributed by atoms with van der Waals surface area (Å²) in [6.07, 6.45) is 27.0. The van der Waals surface area contributed by atoms with Crippen LogP contribution in [0.1, 0.15) is 97.3 Å². The predicted octanol–water partition coefficient (Wildman–Crippen LogP) is 11.6. The number of hydrogen-bond donors (Lipinski definition) is 6. The van der Waals surface area contributed by atoms with E-state index < -0.39 is 27.8 Å². The number of hydrogen-bond acceptors (Lipinski definition) is 26. The van der Waals surface area contributed by atoms with Crippen molar-refractivity contribution < 1.29 is 162 Å². The molecule has 708 valence electrons. The molecule has 39 heteroatoms. The summed E-state index contributed by atoms with van der Waals surface area (Å²) in [5.41, 5.74) is 23.2. The molecular formula is C102H87Cl6K2N17O14. The number of benzene rings is 5. The zero-order valence-electron chi connectivity index (χ0n) is 77.3. The third-order valence-electron chi connectivity index (χ3n) is 15.1. The van der Waals surface area contributed by atoms with Gasteiger partial charge in [-0.25, -0.2) is 49.3 Å². The number of esters is 3. The summed E-state index contributed by atoms with van der Waals surface area (Å²) in [6, 6.07) is 53.0. The topological polar surface area (TPSA) is 446 Å². The monoisotopic (exact) mass is 2060 g/mol. The fourth-order valence-electron chi connectivity index (χ4n) is 8.99. The van der Waals surface area contributed by atoms with Gasteiger partial charge in [0.1, 0.15) is 11.0 Å². The van der Waals surface area contributed by atoms with E-state index in [2.05, 4.69) is 190 Å². The molecule has 2 fully saturated rings. The molecule has 31 nitrogen and oxygen atoms in total. The molecule has 0 unspecified atom stereocenters. The van der Waals surface area contributed by atoms with Crippen molar-refractivity contribution in [2.45, 2.75) is 86.7 Å². The van der Waals surface area contributed by atoms with Gasteiger partial charge < -0.3 is 58.9 Å². The Morgan fingerprint density at radius 1 is 0.468 bits per heavy atom. The molecule has 1 amide bonds. The Bertz CT molecular complexity index is 6740. The van der Waals surface area contributed by atoms with Crippen molar-refractivity contribution in [1.82, 2.24) is 49.3 Å². The van der Waals surface area contributed by atoms with Gasteiger partial charge in [0.15, 0.2) is 17.1 Å². The average Bonchev–Trinajstić information content (AvgIpc) is 1.63. The standard InChI is InChI=1S/C16H13ClN4O.C15H12ClN3O2.C11H8ClN3O2.C11H10ClN3.C10H2.C9H4.C8H6.C6H6ClN.C6H10O4.C5H3ClN2O2.C3H7N.CH2O3.CH4.2K.H/c17-10-3-7-12(8-4-10)21-14-13(2-1-9-18-14)20-15(21)16(22)19-11-5-6-11;1-2-21-15(20)14-18-12-4-3-9-17-13(12)19(14)11-7-5-10(16)6-8-11;12-8-3-5-9(6-4-8)14-11-10(15(16)17)2-1-7-13-11;12-8-3-5-9(6-4-8)15-11-10(13)2-1-7-14-11;1-3-5-7-9-10-8-6-4-2;1-3-5-7-9-8-6-4-2;1-3-5-7-8-6-4-2;7-5-1-3-6(8)4-2-5;1-3-9-5(7)6(8)10-4-2;6-5-4(8(9)10)2-1-3-7-5;4-3-1-2-3;2-1-4-3;;;;/h1-4,7-9,11H,5-6H2,(H,19,22);3-9H,2H2,1H3;1-7H,(H,13,14);1-7H,13H2,(H,14,15);1-2H;1H,2H3;1-2H3;1-4H,8H2;3-4H2,1-2H3;1-3H;3H,1-2,4H2;1,3H;1H4;;;/q;;;;;;;;;;;;;2*+1;-1/p-1. The largest absolute Gasteiger partial charge is 1.00 e. The third-order valence-corrected chi connectivity index (χ3v) is 16.7. The van der Waals surface area contributed by atoms with E-state index >= 15 is 0 Å². The second-order valence-corrected chi connectivity index (χ2v) is 27.7. The molecule has 14 rings (SSSR count). The van der Waals surface area contributed by atoms with Crippen LogP contribution in [0.25, 0.3) is 33.7 Å². The molecule has 0 bridgehead atoms. The first kappa shape index (κ1) is 127. The van der Waals surface area contributed by atoms with Crippen LogP contribution in [0.4, 0.5) is 45.8 Å². The van der Waals surface area contributed by atoms with E-state index in [4.69, 9.17) is 121 Å². The van der Waals surface area contributed by atoms with Gasteiger partial charge in [-0.15, -0.1) is 19.3 Å². The van der Waals surface area contributed by atoms with Crippen LogP contribution >= 0.6 is 69.6 Å². The van der Waals surface area contributed by atoms with Crippen molar-refractivity contribution in [1.29, 1.82) is 0 Å². The zero-order chi connectivity index (χ0) is 102. The van der Waals surface area contributed by atoms with E-state index in [1.165, 1.54) is 49.5 Å². The SMILES string of the molecule is C.C#CC#CC#CC#CC.C#CC#CC#CC#CC#C.CC#CC#CC#CC.CCOC(=O)C(=O)OCC.CCOC(=O)c1nc2cccnc2n1-c1ccc(Cl)cc1.NC1CC1.Nc1ccc(Cl)cc1.Nc1cccnc1Nc1ccc(Cl)cc1.O=C(NC1CC1)c1nc2cccnc2n1-c1ccc(Cl)cc1.O=CO[O-].O=[N+]([O-])c1cccnc1Cl.O=[N+]([O-])c1cccnc1Nc1ccc(Cl)cc1.[H-].[K+].[K+]. The summed E-state index contributed by atoms with van der Waals surface area (Å²) in [7, 11) is 0. The summed E-state index contributed by atoms with van der Waals surface area (Å²) in [5.74, 6) is 49.8. The van der Waals surface area contributed by atoms with E-state index in [1.807, 2.05) is 48.5 Å². The fourth-order valence-corrected chi connectivity index (χ4v) is 9.81. The summed E-state index contributed by atoms with van der Waals surface area (Å²) in [5, 5.41) is 41.5. The maximum absolute atomic E-state index is 12.5. The number of pyridine rings is 5. The number of aromatic nitrogens is 9. The second kappa shape index (κ2) is 76.7. The Labute approximate surface area is 933 Å². The fraction of sp³-hybridized carbons (Fsp3) is 0.157. The molecule has 7 heterocycles. The Morgan fingerprint density at radius 3 is 1.13 bits per heavy atom. The van der Waals surface area contributed by atoms with Crippen molar-refractivity contribution in [3.05, 3.63) is 275 Å². The van der Waals surface area contributed by atoms with Crippen LogP contribution < -0.4 is 141 Å². The van der Waals surface area contributed by atoms with Crippen LogP contribution in [-0.4, -0.2) is 116 Å². The first-order chi connectivity index (χ1) is 66.6. The normalized spacial score (nSPS) is 9.44. The number of nitrogen functional groups attached to an aromatic ring is 2. The van der Waals surface area contributed by atoms with Crippen molar-refractivity contribution in [2.24, 2.45) is 5.73 Å². The molecular weight excluding hydrogens is 1980 g/mol. The summed E-state index contributed by atoms with van der Waals surface area (Å²) < 4.78 is 17.2. The Hall–Kier alpha value is -14.2. The molecule has 2 aliphatic rings. The number of fused-ring (bicyclic) bond motifs is 2. The van der Waals surface area contributed by atoms with Gasteiger partial charge in [0.05, 0.1) is 35.4 Å². The van der Waals surface area contributed by atoms with Gasteiger partial charge in [-0.3, -0.25) is 39.0 Å². The molecule has 9 N–H and O–H groups in total. The number of nitrogens with two attached hydrogens (primary N) is 3. The molecule has 5 aromatic carbocycles. The van der Waals surface area contributed by atoms with Gasteiger partial charge in [-0.2, -0.15) is 0 Å². The summed E-state index contributed by atoms with van der Waals surface area (Å²) >= 11 is 34.3. The minimum atomic E-state index is -0.927. The number of carbonyl (C=O) groups excluding carboxylic acids is 5. The van der Waals surface area contributed by atoms with Gasteiger partial charge in [-0.05, 0) is 344 Å². The molecule has 0 atom stereocenters. The van der Waals surface area contributed by atoms with Gasteiger partial charge in [0.2, 0.25) is 22.6 Å².